The number of rotatable bonds is 38. The Labute approximate surface area is 803 Å². The van der Waals surface area contributed by atoms with Gasteiger partial charge in [0.15, 0.2) is 62.9 Å². The first-order chi connectivity index (χ1) is 66.9. The Morgan fingerprint density at radius 3 is 1.05 bits per heavy atom. The van der Waals surface area contributed by atoms with Gasteiger partial charge in [-0.3, -0.25) is 24.0 Å². The minimum absolute atomic E-state index is 0.856. The highest BCUT2D eigenvalue weighted by Crippen LogP contribution is 2.43. The highest BCUT2D eigenvalue weighted by Gasteiger charge is 2.64. The monoisotopic (exact) mass is 2080 g/mol. The maximum atomic E-state index is 13.4. The van der Waals surface area contributed by atoms with E-state index >= 15 is 0 Å². The van der Waals surface area contributed by atoms with Gasteiger partial charge in [0.25, 0.3) is 5.79 Å². The van der Waals surface area contributed by atoms with Crippen LogP contribution in [0.3, 0.4) is 0 Å². The van der Waals surface area contributed by atoms with E-state index in [2.05, 4.69) is 26.6 Å². The second kappa shape index (κ2) is 50.6. The highest BCUT2D eigenvalue weighted by atomic mass is 16.8. The lowest BCUT2D eigenvalue weighted by Crippen LogP contribution is -2.71. The van der Waals surface area contributed by atoms with Crippen molar-refractivity contribution in [2.24, 2.45) is 0 Å². The van der Waals surface area contributed by atoms with Crippen molar-refractivity contribution < 1.29 is 287 Å². The quantitative estimate of drug-likeness (QED) is 0.0273. The molecule has 820 valence electrons. The minimum Gasteiger partial charge on any atom is -0.477 e. The van der Waals surface area contributed by atoms with Gasteiger partial charge >= 0.3 is 5.97 Å². The fourth-order valence-electron chi connectivity index (χ4n) is 18.3. The summed E-state index contributed by atoms with van der Waals surface area (Å²) in [5, 5.41) is 360. The summed E-state index contributed by atoms with van der Waals surface area (Å²) in [7, 11) is 0. The average Bonchev–Trinajstić information content (AvgIpc) is 0.757. The molecule has 11 rings (SSSR count). The fourth-order valence-corrected chi connectivity index (χ4v) is 18.3. The topological polar surface area (TPSA) is 984 Å². The SMILES string of the molecule is CC(=O)N[C@@H]1[C@@H](O)[C@H](O[C@@H]2O[C@H](CO)[C@@H](O[C@@H]3O[C@H](CO[C@H]4O[C@H](CO)[C@@H](O)[C@H](O)[C@@H]4O[C@@H]4O[C@H](CO)[C@@H](O[C@@H]5O[C@H](CO[C@]6(C(=O)O)C[C@H](O)[C@@H](NC(C)=O)[C@H]([C@H](O)[C@H](O)CO)O6)[C@@H](O)[C@H](O)[C@H]5O)[C@H](O)[C@H]4NC(C)=O)[C@@H](O)[C@H](O[C@H]4O[C@H](CO)[C@@H](O)[C@H](O)[C@@H]4O[C@@H]4O[C@H](CO)[C@@H](O[C@@H]5O[C@H](CO)[C@@H](O)[C@H](O)[C@H]5O)[C@H](O)[C@H]4NC(C)=O)[C@@H]3O)[C@H](O)[C@H]2NC(C)=O)[C@@H](CO[C@@H]2O[C@@H](C)[C@@H](O)[C@@H](O)[C@@H]2O)O[C@H]1O. The molecule has 0 unspecified atom stereocenters. The van der Waals surface area contributed by atoms with Crippen LogP contribution in [0.25, 0.3) is 0 Å². The van der Waals surface area contributed by atoms with Gasteiger partial charge in [-0.1, -0.05) is 0 Å². The molecule has 0 radical (unpaired) electrons. The van der Waals surface area contributed by atoms with Crippen LogP contribution in [0.15, 0.2) is 0 Å². The Balaban J connectivity index is 0.902. The summed E-state index contributed by atoms with van der Waals surface area (Å²) in [5.74, 6) is -9.99. The van der Waals surface area contributed by atoms with Gasteiger partial charge in [-0.15, -0.1) is 0 Å². The maximum absolute atomic E-state index is 13.4. The van der Waals surface area contributed by atoms with Crippen molar-refractivity contribution >= 4 is 35.5 Å². The summed E-state index contributed by atoms with van der Waals surface area (Å²) < 4.78 is 125. The number of hydrogen-bond acceptors (Lipinski definition) is 57. The lowest BCUT2D eigenvalue weighted by Gasteiger charge is -2.51. The van der Waals surface area contributed by atoms with Crippen molar-refractivity contribution in [3.8, 4) is 0 Å². The van der Waals surface area contributed by atoms with Gasteiger partial charge in [0.2, 0.25) is 29.5 Å². The Bertz CT molecular complexity index is 4010. The number of amides is 5. The van der Waals surface area contributed by atoms with Crippen LogP contribution in [0.5, 0.6) is 0 Å². The second-order valence-electron chi connectivity index (χ2n) is 36.0. The van der Waals surface area contributed by atoms with Gasteiger partial charge < -0.3 is 284 Å². The number of carboxylic acid groups (broad SMARTS) is 1. The number of carboxylic acids is 1. The number of aliphatic hydroxyl groups is 30. The molecule has 11 aliphatic rings. The first-order valence-electron chi connectivity index (χ1n) is 45.1. The summed E-state index contributed by atoms with van der Waals surface area (Å²) in [6.45, 7) is -5.99. The van der Waals surface area contributed by atoms with E-state index in [1.54, 1.807) is 0 Å². The van der Waals surface area contributed by atoms with Gasteiger partial charge in [0.1, 0.15) is 256 Å². The van der Waals surface area contributed by atoms with Crippen LogP contribution in [0.4, 0.5) is 0 Å². The molecule has 11 saturated heterocycles. The predicted octanol–water partition coefficient (Wildman–Crippen LogP) is -24.0. The van der Waals surface area contributed by atoms with E-state index in [-0.39, 0.29) is 0 Å². The van der Waals surface area contributed by atoms with Crippen LogP contribution in [0.1, 0.15) is 48.0 Å². The zero-order valence-electron chi connectivity index (χ0n) is 76.4. The zero-order valence-corrected chi connectivity index (χ0v) is 76.4. The summed E-state index contributed by atoms with van der Waals surface area (Å²) in [6.07, 6.45) is -109. The van der Waals surface area contributed by atoms with Crippen LogP contribution in [-0.4, -0.2) is 603 Å². The van der Waals surface area contributed by atoms with Crippen molar-refractivity contribution in [1.82, 2.24) is 26.6 Å². The number of aliphatic hydroxyl groups excluding tert-OH is 30. The third-order valence-corrected chi connectivity index (χ3v) is 25.9. The molecule has 63 heteroatoms. The Morgan fingerprint density at radius 2 is 0.620 bits per heavy atom. The maximum Gasteiger partial charge on any atom is 0.364 e. The molecule has 36 N–H and O–H groups in total. The molecule has 56 atom stereocenters. The largest absolute Gasteiger partial charge is 0.477 e. The van der Waals surface area contributed by atoms with Gasteiger partial charge in [0, 0.05) is 41.0 Å². The molecule has 11 heterocycles. The molecule has 0 aliphatic carbocycles. The smallest absolute Gasteiger partial charge is 0.364 e. The van der Waals surface area contributed by atoms with Crippen LogP contribution in [-0.2, 0) is 128 Å². The average molecular weight is 2080 g/mol. The van der Waals surface area contributed by atoms with Crippen molar-refractivity contribution in [2.75, 3.05) is 66.1 Å². The molecule has 0 spiro atoms. The Hall–Kier alpha value is -5.22. The van der Waals surface area contributed by atoms with Crippen molar-refractivity contribution in [3.05, 3.63) is 0 Å². The molecule has 0 aromatic heterocycles. The number of carbonyl (C=O) groups excluding carboxylic acids is 5. The summed E-state index contributed by atoms with van der Waals surface area (Å²) in [4.78, 5) is 77.5. The predicted molar refractivity (Wildman–Crippen MR) is 436 cm³/mol. The molecule has 0 aromatic carbocycles. The van der Waals surface area contributed by atoms with Gasteiger partial charge in [0.05, 0.1) is 84.3 Å². The first-order valence-corrected chi connectivity index (χ1v) is 45.1. The first kappa shape index (κ1) is 117. The van der Waals surface area contributed by atoms with Crippen LogP contribution < -0.4 is 26.6 Å². The summed E-state index contributed by atoms with van der Waals surface area (Å²) in [6, 6.07) is -9.69. The van der Waals surface area contributed by atoms with Crippen molar-refractivity contribution in [2.45, 2.75) is 391 Å². The van der Waals surface area contributed by atoms with Gasteiger partial charge in [-0.2, -0.15) is 0 Å². The molecule has 0 bridgehead atoms. The van der Waals surface area contributed by atoms with Crippen LogP contribution >= 0.6 is 0 Å². The van der Waals surface area contributed by atoms with E-state index in [9.17, 15) is 187 Å². The summed E-state index contributed by atoms with van der Waals surface area (Å²) >= 11 is 0. The molecule has 5 amide bonds. The lowest BCUT2D eigenvalue weighted by molar-refractivity contribution is -0.399. The van der Waals surface area contributed by atoms with E-state index in [0.717, 1.165) is 34.6 Å². The molecule has 63 nitrogen and oxygen atoms in total. The van der Waals surface area contributed by atoms with E-state index in [1.165, 1.54) is 6.92 Å². The standard InChI is InChI=1S/C79H131N5O58/c1-18-40(99)51(110)56(115)72(125-18)122-16-34-63(47(106)36(68(119)126-34)81-20(3)93)135-69-37(82-21(4)94)48(107)62(31(14-91)130-69)138-75-59(118)65(139-77-67(55(114)44(103)28(11-88)129-77)141-71-39(84-23(6)96)50(109)60(29(12-89)132-71)136-73-57(116)52(111)42(101)26(9-86)127-73)46(105)32(133-75)15-123-76-66(54(113)43(102)27(10-87)128-76)140-70-38(83-22(5)95)49(108)61(30(13-90)131-70)137-74-58(117)53(112)45(104)33(134-74)17-124-79(78(120)121)7-24(97)35(80-19(2)92)64(142-79)41(100)25(98)8-85/h18,24-77,85-91,97-119H,7-17H2,1-6H3,(H,80,92)(H,81,93)(H,82,94)(H,83,95)(H,84,96)(H,120,121)/t18-,24-,25+,26+,27+,28+,29+,30+,31+,32+,33+,34+,35+,36+,37+,38+,39+,40+,41+,42+,43+,44+,45+,46+,47+,48+,49+,50+,51+,52-,53-,54-,55-,56-,57+,58+,59-,60+,61+,62+,63+,64+,65-,66-,67-,68+,69-,70-,71-,72+,73-,74-,75-,76-,77+,79+/m0/s1. The van der Waals surface area contributed by atoms with Crippen LogP contribution in [0.2, 0.25) is 0 Å². The minimum atomic E-state index is -3.11. The third kappa shape index (κ3) is 26.0. The Morgan fingerprint density at radius 1 is 0.303 bits per heavy atom. The number of ether oxygens (including phenoxy) is 21. The summed E-state index contributed by atoms with van der Waals surface area (Å²) in [5.41, 5.74) is 0. The molecular weight excluding hydrogens is 1950 g/mol. The number of hydrogen-bond donors (Lipinski definition) is 36. The van der Waals surface area contributed by atoms with Crippen molar-refractivity contribution in [3.63, 3.8) is 0 Å². The number of aliphatic carboxylic acids is 1. The van der Waals surface area contributed by atoms with Gasteiger partial charge in [-0.05, 0) is 6.92 Å². The van der Waals surface area contributed by atoms with E-state index in [1.807, 2.05) is 0 Å². The molecular formula is C79H131N5O58. The van der Waals surface area contributed by atoms with Crippen LogP contribution in [0, 0.1) is 0 Å². The van der Waals surface area contributed by atoms with Crippen molar-refractivity contribution in [1.29, 1.82) is 0 Å². The zero-order chi connectivity index (χ0) is 105. The molecule has 11 fully saturated rings. The number of carbonyl (C=O) groups is 6. The molecule has 11 aliphatic heterocycles. The van der Waals surface area contributed by atoms with Gasteiger partial charge in [-0.25, -0.2) is 4.79 Å². The third-order valence-electron chi connectivity index (χ3n) is 25.9. The fraction of sp³-hybridized carbons (Fsp3) is 0.924. The normalized spacial score (nSPS) is 48.0. The lowest BCUT2D eigenvalue weighted by atomic mass is 9.88. The number of nitrogens with one attached hydrogen (secondary N) is 5. The second-order valence-corrected chi connectivity index (χ2v) is 36.0. The molecule has 142 heavy (non-hydrogen) atoms. The molecule has 0 aromatic rings. The van der Waals surface area contributed by atoms with E-state index in [0.29, 0.717) is 0 Å². The molecule has 0 saturated carbocycles. The highest BCUT2D eigenvalue weighted by molar-refractivity contribution is 5.77. The van der Waals surface area contributed by atoms with E-state index < -0.39 is 451 Å². The van der Waals surface area contributed by atoms with E-state index in [4.69, 9.17) is 99.5 Å². The Kier molecular flexibility index (Phi) is 41.7.